The summed E-state index contributed by atoms with van der Waals surface area (Å²) in [6.45, 7) is 3.31. The molecule has 0 saturated heterocycles. The molecule has 0 heterocycles. The average Bonchev–Trinajstić information content (AvgIpc) is 2.41. The van der Waals surface area contributed by atoms with Crippen molar-refractivity contribution in [1.82, 2.24) is 0 Å². The molecular formula is C16H16F2N2O. The van der Waals surface area contributed by atoms with Gasteiger partial charge in [-0.1, -0.05) is 24.3 Å². The maximum atomic E-state index is 14.0. The zero-order valence-electron chi connectivity index (χ0n) is 11.8. The highest BCUT2D eigenvalue weighted by molar-refractivity contribution is 5.89. The Morgan fingerprint density at radius 2 is 1.86 bits per heavy atom. The number of halogens is 2. The third kappa shape index (κ3) is 2.86. The summed E-state index contributed by atoms with van der Waals surface area (Å²) < 4.78 is 27.4. The average molecular weight is 290 g/mol. The van der Waals surface area contributed by atoms with Gasteiger partial charge in [0.1, 0.15) is 5.54 Å². The molecule has 0 aliphatic rings. The van der Waals surface area contributed by atoms with Crippen molar-refractivity contribution in [2.45, 2.75) is 19.4 Å². The van der Waals surface area contributed by atoms with Crippen LogP contribution in [0.3, 0.4) is 0 Å². The molecule has 21 heavy (non-hydrogen) atoms. The van der Waals surface area contributed by atoms with Crippen LogP contribution in [0.4, 0.5) is 14.5 Å². The van der Waals surface area contributed by atoms with Crippen molar-refractivity contribution in [2.24, 2.45) is 5.73 Å². The molecule has 0 aliphatic carbocycles. The number of primary amides is 1. The van der Waals surface area contributed by atoms with Crippen LogP contribution in [-0.4, -0.2) is 5.91 Å². The molecule has 110 valence electrons. The fourth-order valence-electron chi connectivity index (χ4n) is 2.16. The van der Waals surface area contributed by atoms with E-state index in [1.54, 1.807) is 18.2 Å². The number of hydrogen-bond donors (Lipinski definition) is 2. The Morgan fingerprint density at radius 3 is 2.48 bits per heavy atom. The number of nitrogens with two attached hydrogens (primary N) is 1. The Hall–Kier alpha value is -2.43. The maximum Gasteiger partial charge on any atom is 0.247 e. The van der Waals surface area contributed by atoms with E-state index in [2.05, 4.69) is 5.32 Å². The number of amides is 1. The molecule has 3 nitrogen and oxygen atoms in total. The van der Waals surface area contributed by atoms with Gasteiger partial charge in [0.25, 0.3) is 0 Å². The molecule has 2 aromatic rings. The van der Waals surface area contributed by atoms with Gasteiger partial charge in [-0.3, -0.25) is 4.79 Å². The van der Waals surface area contributed by atoms with Crippen LogP contribution in [0.2, 0.25) is 0 Å². The number of carbonyl (C=O) groups excluding carboxylic acids is 1. The maximum absolute atomic E-state index is 14.0. The van der Waals surface area contributed by atoms with Crippen molar-refractivity contribution in [3.63, 3.8) is 0 Å². The predicted octanol–water partition coefficient (Wildman–Crippen LogP) is 3.09. The number of aryl methyl sites for hydroxylation is 1. The predicted molar refractivity (Wildman–Crippen MR) is 77.7 cm³/mol. The Kier molecular flexibility index (Phi) is 3.93. The number of nitrogens with one attached hydrogen (secondary N) is 1. The highest BCUT2D eigenvalue weighted by atomic mass is 19.2. The van der Waals surface area contributed by atoms with Crippen LogP contribution in [0.15, 0.2) is 42.5 Å². The molecule has 0 saturated carbocycles. The van der Waals surface area contributed by atoms with Gasteiger partial charge < -0.3 is 11.1 Å². The van der Waals surface area contributed by atoms with Gasteiger partial charge in [-0.25, -0.2) is 8.78 Å². The first-order chi connectivity index (χ1) is 9.84. The minimum absolute atomic E-state index is 0.128. The summed E-state index contributed by atoms with van der Waals surface area (Å²) in [4.78, 5) is 11.8. The molecule has 0 aromatic heterocycles. The SMILES string of the molecule is Cc1cccc(NC(C)(C(N)=O)c2cccc(F)c2F)c1. The number of anilines is 1. The first kappa shape index (κ1) is 15.0. The minimum Gasteiger partial charge on any atom is -0.368 e. The van der Waals surface area contributed by atoms with Crippen LogP contribution < -0.4 is 11.1 Å². The van der Waals surface area contributed by atoms with Gasteiger partial charge in [0.15, 0.2) is 11.6 Å². The van der Waals surface area contributed by atoms with E-state index in [4.69, 9.17) is 5.73 Å². The van der Waals surface area contributed by atoms with Gasteiger partial charge in [0, 0.05) is 11.3 Å². The number of rotatable bonds is 4. The Balaban J connectivity index is 2.51. The lowest BCUT2D eigenvalue weighted by Crippen LogP contribution is -2.46. The highest BCUT2D eigenvalue weighted by Gasteiger charge is 2.36. The number of carbonyl (C=O) groups is 1. The quantitative estimate of drug-likeness (QED) is 0.909. The van der Waals surface area contributed by atoms with Crippen LogP contribution in [-0.2, 0) is 10.3 Å². The van der Waals surface area contributed by atoms with Crippen molar-refractivity contribution in [3.8, 4) is 0 Å². The minimum atomic E-state index is -1.56. The van der Waals surface area contributed by atoms with Gasteiger partial charge in [0.05, 0.1) is 0 Å². The normalized spacial score (nSPS) is 13.5. The lowest BCUT2D eigenvalue weighted by atomic mass is 9.90. The van der Waals surface area contributed by atoms with E-state index >= 15 is 0 Å². The first-order valence-electron chi connectivity index (χ1n) is 6.44. The van der Waals surface area contributed by atoms with E-state index in [-0.39, 0.29) is 5.56 Å². The summed E-state index contributed by atoms with van der Waals surface area (Å²) in [5, 5.41) is 2.90. The second-order valence-electron chi connectivity index (χ2n) is 5.09. The summed E-state index contributed by atoms with van der Waals surface area (Å²) in [5.41, 5.74) is 5.30. The van der Waals surface area contributed by atoms with Crippen LogP contribution in [0.25, 0.3) is 0 Å². The Morgan fingerprint density at radius 1 is 1.19 bits per heavy atom. The Bertz CT molecular complexity index is 688. The summed E-state index contributed by atoms with van der Waals surface area (Å²) in [5.74, 6) is -2.90. The van der Waals surface area contributed by atoms with Crippen LogP contribution in [0, 0.1) is 18.6 Å². The van der Waals surface area contributed by atoms with Crippen molar-refractivity contribution >= 4 is 11.6 Å². The molecule has 0 bridgehead atoms. The van der Waals surface area contributed by atoms with Gasteiger partial charge >= 0.3 is 0 Å². The molecule has 1 unspecified atom stereocenters. The summed E-state index contributed by atoms with van der Waals surface area (Å²) in [6, 6.07) is 10.9. The fraction of sp³-hybridized carbons (Fsp3) is 0.188. The van der Waals surface area contributed by atoms with Crippen molar-refractivity contribution < 1.29 is 13.6 Å². The molecular weight excluding hydrogens is 274 g/mol. The van der Waals surface area contributed by atoms with Gasteiger partial charge in [-0.05, 0) is 37.6 Å². The first-order valence-corrected chi connectivity index (χ1v) is 6.44. The lowest BCUT2D eigenvalue weighted by molar-refractivity contribution is -0.122. The van der Waals surface area contributed by atoms with Gasteiger partial charge in [0.2, 0.25) is 5.91 Å². The number of hydrogen-bond acceptors (Lipinski definition) is 2. The molecule has 0 fully saturated rings. The van der Waals surface area contributed by atoms with Crippen LogP contribution in [0.1, 0.15) is 18.1 Å². The number of benzene rings is 2. The van der Waals surface area contributed by atoms with E-state index in [0.29, 0.717) is 5.69 Å². The monoisotopic (exact) mass is 290 g/mol. The third-order valence-corrected chi connectivity index (χ3v) is 3.40. The van der Waals surface area contributed by atoms with Crippen molar-refractivity contribution in [3.05, 3.63) is 65.2 Å². The molecule has 1 atom stereocenters. The largest absolute Gasteiger partial charge is 0.368 e. The standard InChI is InChI=1S/C16H16F2N2O/c1-10-5-3-6-11(9-10)20-16(2,15(19)21)12-7-4-8-13(17)14(12)18/h3-9,20H,1-2H3,(H2,19,21). The molecule has 5 heteroatoms. The van der Waals surface area contributed by atoms with E-state index in [0.717, 1.165) is 11.6 Å². The van der Waals surface area contributed by atoms with Crippen LogP contribution >= 0.6 is 0 Å². The second-order valence-corrected chi connectivity index (χ2v) is 5.09. The van der Waals surface area contributed by atoms with Gasteiger partial charge in [-0.2, -0.15) is 0 Å². The molecule has 0 aliphatic heterocycles. The van der Waals surface area contributed by atoms with Gasteiger partial charge in [-0.15, -0.1) is 0 Å². The molecule has 0 spiro atoms. The smallest absolute Gasteiger partial charge is 0.247 e. The molecule has 3 N–H and O–H groups in total. The van der Waals surface area contributed by atoms with Crippen molar-refractivity contribution in [1.29, 1.82) is 0 Å². The molecule has 2 aromatic carbocycles. The van der Waals surface area contributed by atoms with E-state index in [1.807, 2.05) is 13.0 Å². The zero-order valence-corrected chi connectivity index (χ0v) is 11.8. The fourth-order valence-corrected chi connectivity index (χ4v) is 2.16. The second kappa shape index (κ2) is 5.52. The Labute approximate surface area is 121 Å². The zero-order chi connectivity index (χ0) is 15.6. The van der Waals surface area contributed by atoms with Crippen molar-refractivity contribution in [2.75, 3.05) is 5.32 Å². The summed E-state index contributed by atoms with van der Waals surface area (Å²) in [7, 11) is 0. The van der Waals surface area contributed by atoms with Crippen LogP contribution in [0.5, 0.6) is 0 Å². The molecule has 2 rings (SSSR count). The molecule has 1 amide bonds. The summed E-state index contributed by atoms with van der Waals surface area (Å²) >= 11 is 0. The topological polar surface area (TPSA) is 55.1 Å². The van der Waals surface area contributed by atoms with E-state index in [1.165, 1.54) is 19.1 Å². The molecule has 0 radical (unpaired) electrons. The summed E-state index contributed by atoms with van der Waals surface area (Å²) in [6.07, 6.45) is 0. The lowest BCUT2D eigenvalue weighted by Gasteiger charge is -2.29. The van der Waals surface area contributed by atoms with E-state index < -0.39 is 23.1 Å². The highest BCUT2D eigenvalue weighted by Crippen LogP contribution is 2.29. The van der Waals surface area contributed by atoms with E-state index in [9.17, 15) is 13.6 Å². The third-order valence-electron chi connectivity index (χ3n) is 3.40.